The molecule has 0 aliphatic heterocycles. The van der Waals surface area contributed by atoms with Gasteiger partial charge in [0.25, 0.3) is 0 Å². The third-order valence-corrected chi connectivity index (χ3v) is 2.93. The molecule has 0 aliphatic carbocycles. The monoisotopic (exact) mass is 335 g/mol. The van der Waals surface area contributed by atoms with Crippen LogP contribution in [0, 0.1) is 0 Å². The molecule has 0 saturated carbocycles. The molecule has 0 heterocycles. The Morgan fingerprint density at radius 3 is 1.40 bits per heavy atom. The molecule has 0 fully saturated rings. The van der Waals surface area contributed by atoms with Gasteiger partial charge in [0.05, 0.1) is 19.6 Å². The first kappa shape index (κ1) is 22.2. The van der Waals surface area contributed by atoms with Crippen molar-refractivity contribution in [1.82, 2.24) is 0 Å². The van der Waals surface area contributed by atoms with Gasteiger partial charge in [-0.15, -0.1) is 0 Å². The van der Waals surface area contributed by atoms with Crippen LogP contribution in [-0.4, -0.2) is 44.2 Å². The van der Waals surface area contributed by atoms with Crippen LogP contribution in [0.1, 0.15) is 27.7 Å². The number of hydrogen-bond acceptors (Lipinski definition) is 2. The first-order chi connectivity index (χ1) is 8.59. The standard InChI is InChI=1S/C10H24NO2.F6P/c1-6-11(7-2,8-3)9-13-10(4)12-5;1-7(2,3,4,5)6/h10H,6-9H2,1-5H3;/q+1;-1. The zero-order chi connectivity index (χ0) is 16.7. The van der Waals surface area contributed by atoms with E-state index >= 15 is 0 Å². The molecule has 0 aliphatic rings. The molecule has 0 amide bonds. The van der Waals surface area contributed by atoms with Crippen LogP contribution in [0.25, 0.3) is 0 Å². The number of hydrogen-bond donors (Lipinski definition) is 0. The molecule has 0 aromatic carbocycles. The molecule has 10 heteroatoms. The Morgan fingerprint density at radius 2 is 1.20 bits per heavy atom. The predicted octanol–water partition coefficient (Wildman–Crippen LogP) is 5.21. The fourth-order valence-electron chi connectivity index (χ4n) is 1.28. The van der Waals surface area contributed by atoms with Gasteiger partial charge in [-0.05, 0) is 27.7 Å². The number of methoxy groups -OCH3 is 1. The minimum absolute atomic E-state index is 0.0952. The van der Waals surface area contributed by atoms with Crippen molar-refractivity contribution in [3.8, 4) is 0 Å². The summed E-state index contributed by atoms with van der Waals surface area (Å²) in [7, 11) is -8.99. The van der Waals surface area contributed by atoms with E-state index in [-0.39, 0.29) is 6.29 Å². The van der Waals surface area contributed by atoms with E-state index in [1.807, 2.05) is 6.92 Å². The van der Waals surface area contributed by atoms with E-state index in [9.17, 15) is 25.2 Å². The molecule has 0 spiro atoms. The van der Waals surface area contributed by atoms with Gasteiger partial charge in [-0.25, -0.2) is 0 Å². The predicted molar refractivity (Wildman–Crippen MR) is 67.9 cm³/mol. The minimum atomic E-state index is -10.7. The van der Waals surface area contributed by atoms with Crippen LogP contribution in [0.2, 0.25) is 0 Å². The molecule has 0 bridgehead atoms. The Kier molecular flexibility index (Phi) is 7.50. The van der Waals surface area contributed by atoms with Crippen molar-refractivity contribution in [1.29, 1.82) is 0 Å². The van der Waals surface area contributed by atoms with E-state index in [0.29, 0.717) is 0 Å². The van der Waals surface area contributed by atoms with Gasteiger partial charge in [-0.3, -0.25) is 0 Å². The van der Waals surface area contributed by atoms with Gasteiger partial charge in [-0.2, -0.15) is 0 Å². The number of ether oxygens (including phenoxy) is 2. The van der Waals surface area contributed by atoms with Gasteiger partial charge in [0, 0.05) is 7.11 Å². The molecule has 0 aromatic heterocycles. The van der Waals surface area contributed by atoms with E-state index in [1.165, 1.54) is 0 Å². The average Bonchev–Trinajstić information content (AvgIpc) is 2.27. The molecule has 20 heavy (non-hydrogen) atoms. The molecule has 0 aromatic rings. The Morgan fingerprint density at radius 1 is 0.900 bits per heavy atom. The van der Waals surface area contributed by atoms with E-state index in [2.05, 4.69) is 20.8 Å². The summed E-state index contributed by atoms with van der Waals surface area (Å²) < 4.78 is 70.8. The van der Waals surface area contributed by atoms with Gasteiger partial charge in [0.1, 0.15) is 0 Å². The molecule has 0 rings (SSSR count). The van der Waals surface area contributed by atoms with Crippen LogP contribution in [0.4, 0.5) is 25.2 Å². The van der Waals surface area contributed by atoms with Crippen molar-refractivity contribution in [3.63, 3.8) is 0 Å². The summed E-state index contributed by atoms with van der Waals surface area (Å²) >= 11 is 0. The van der Waals surface area contributed by atoms with Gasteiger partial charge in [-0.1, -0.05) is 0 Å². The fraction of sp³-hybridized carbons (Fsp3) is 1.00. The number of halogens is 6. The van der Waals surface area contributed by atoms with Crippen molar-refractivity contribution in [3.05, 3.63) is 0 Å². The zero-order valence-electron chi connectivity index (χ0n) is 12.4. The summed E-state index contributed by atoms with van der Waals surface area (Å²) in [5, 5.41) is 0. The third-order valence-electron chi connectivity index (χ3n) is 2.93. The van der Waals surface area contributed by atoms with Crippen LogP contribution in [-0.2, 0) is 9.47 Å². The second-order valence-electron chi connectivity index (χ2n) is 4.35. The SMILES string of the molecule is CC[N+](CC)(CC)COC(C)OC.F[P-](F)(F)(F)(F)F. The molecular weight excluding hydrogens is 311 g/mol. The summed E-state index contributed by atoms with van der Waals surface area (Å²) in [6.45, 7) is 12.6. The Hall–Kier alpha value is -0.110. The van der Waals surface area contributed by atoms with Gasteiger partial charge in [0.2, 0.25) is 0 Å². The van der Waals surface area contributed by atoms with Crippen molar-refractivity contribution >= 4 is 7.81 Å². The first-order valence-corrected chi connectivity index (χ1v) is 8.17. The van der Waals surface area contributed by atoms with Crippen molar-refractivity contribution in [2.45, 2.75) is 34.0 Å². The molecular formula is C10H24F6NO2P. The van der Waals surface area contributed by atoms with Crippen LogP contribution in [0.5, 0.6) is 0 Å². The average molecular weight is 335 g/mol. The molecule has 0 saturated heterocycles. The van der Waals surface area contributed by atoms with E-state index in [0.717, 1.165) is 30.8 Å². The zero-order valence-corrected chi connectivity index (χ0v) is 13.3. The second-order valence-corrected chi connectivity index (χ2v) is 6.26. The summed E-state index contributed by atoms with van der Waals surface area (Å²) in [5.74, 6) is 0. The topological polar surface area (TPSA) is 18.5 Å². The normalized spacial score (nSPS) is 17.6. The number of rotatable bonds is 7. The molecule has 1 unspecified atom stereocenters. The van der Waals surface area contributed by atoms with Crippen LogP contribution in [0.3, 0.4) is 0 Å². The first-order valence-electron chi connectivity index (χ1n) is 6.15. The van der Waals surface area contributed by atoms with E-state index in [1.54, 1.807) is 7.11 Å². The molecule has 1 atom stereocenters. The summed E-state index contributed by atoms with van der Waals surface area (Å²) in [6, 6.07) is 0. The molecule has 3 nitrogen and oxygen atoms in total. The van der Waals surface area contributed by atoms with Crippen molar-refractivity contribution in [2.24, 2.45) is 0 Å². The van der Waals surface area contributed by atoms with Crippen molar-refractivity contribution in [2.75, 3.05) is 33.5 Å². The summed E-state index contributed by atoms with van der Waals surface area (Å²) in [6.07, 6.45) is -0.0952. The van der Waals surface area contributed by atoms with Crippen LogP contribution >= 0.6 is 7.81 Å². The number of quaternary nitrogens is 1. The van der Waals surface area contributed by atoms with Gasteiger partial charge in [0.15, 0.2) is 13.0 Å². The molecule has 0 N–H and O–H groups in total. The van der Waals surface area contributed by atoms with Crippen LogP contribution in [0.15, 0.2) is 0 Å². The second kappa shape index (κ2) is 6.77. The molecule has 128 valence electrons. The maximum absolute atomic E-state index is 10.7. The Balaban J connectivity index is 0. The van der Waals surface area contributed by atoms with E-state index in [4.69, 9.17) is 9.47 Å². The third kappa shape index (κ3) is 17.9. The van der Waals surface area contributed by atoms with Gasteiger partial charge < -0.3 is 14.0 Å². The number of nitrogens with zero attached hydrogens (tertiary/aromatic N) is 1. The summed E-state index contributed by atoms with van der Waals surface area (Å²) in [5.41, 5.74) is 0. The quantitative estimate of drug-likeness (QED) is 0.275. The summed E-state index contributed by atoms with van der Waals surface area (Å²) in [4.78, 5) is 0. The van der Waals surface area contributed by atoms with Crippen LogP contribution < -0.4 is 0 Å². The Labute approximate surface area is 115 Å². The molecule has 0 radical (unpaired) electrons. The Bertz CT molecular complexity index is 257. The maximum atomic E-state index is 9.87. The van der Waals surface area contributed by atoms with Gasteiger partial charge >= 0.3 is 33.0 Å². The fourth-order valence-corrected chi connectivity index (χ4v) is 1.28. The van der Waals surface area contributed by atoms with Crippen molar-refractivity contribution < 1.29 is 39.1 Å². The van der Waals surface area contributed by atoms with E-state index < -0.39 is 7.81 Å².